The third-order valence-corrected chi connectivity index (χ3v) is 4.09. The van der Waals surface area contributed by atoms with Gasteiger partial charge in [-0.05, 0) is 31.0 Å². The lowest BCUT2D eigenvalue weighted by Gasteiger charge is -2.16. The summed E-state index contributed by atoms with van der Waals surface area (Å²) in [7, 11) is 1.50. The van der Waals surface area contributed by atoms with E-state index in [1.54, 1.807) is 18.2 Å². The number of halogens is 1. The molecule has 0 saturated heterocycles. The Morgan fingerprint density at radius 2 is 2.00 bits per heavy atom. The minimum absolute atomic E-state index is 0.136. The number of Topliss-reactive ketones (excluding diaryl/α,β-unsaturated/α-hetero) is 1. The Balaban J connectivity index is 2.33. The Labute approximate surface area is 119 Å². The fourth-order valence-corrected chi connectivity index (χ4v) is 3.00. The molecule has 1 aromatic rings. The van der Waals surface area contributed by atoms with Crippen LogP contribution in [0.5, 0.6) is 5.75 Å². The second-order valence-corrected chi connectivity index (χ2v) is 5.61. The highest BCUT2D eigenvalue weighted by molar-refractivity contribution is 9.10. The van der Waals surface area contributed by atoms with Crippen LogP contribution in [0.4, 0.5) is 0 Å². The highest BCUT2D eigenvalue weighted by Crippen LogP contribution is 2.36. The number of carbonyl (C=O) groups excluding carboxylic acids is 1. The van der Waals surface area contributed by atoms with Gasteiger partial charge in [0.1, 0.15) is 5.75 Å². The number of hydrogen-bond donors (Lipinski definition) is 1. The fourth-order valence-electron chi connectivity index (χ4n) is 2.64. The van der Waals surface area contributed by atoms with E-state index in [4.69, 9.17) is 9.84 Å². The van der Waals surface area contributed by atoms with Crippen LogP contribution in [0.25, 0.3) is 0 Å². The summed E-state index contributed by atoms with van der Waals surface area (Å²) in [6, 6.07) is 5.19. The zero-order valence-corrected chi connectivity index (χ0v) is 12.1. The zero-order valence-electron chi connectivity index (χ0n) is 10.6. The maximum Gasteiger partial charge on any atom is 0.307 e. The summed E-state index contributed by atoms with van der Waals surface area (Å²) >= 11 is 3.32. The van der Waals surface area contributed by atoms with Crippen molar-refractivity contribution in [2.24, 2.45) is 11.8 Å². The lowest BCUT2D eigenvalue weighted by Crippen LogP contribution is -2.25. The fraction of sp³-hybridized carbons (Fsp3) is 0.429. The minimum Gasteiger partial charge on any atom is -0.496 e. The van der Waals surface area contributed by atoms with Crippen molar-refractivity contribution in [2.45, 2.75) is 19.3 Å². The summed E-state index contributed by atoms with van der Waals surface area (Å²) in [5, 5.41) is 9.17. The van der Waals surface area contributed by atoms with Crippen molar-refractivity contribution in [1.82, 2.24) is 0 Å². The first-order valence-corrected chi connectivity index (χ1v) is 6.94. The van der Waals surface area contributed by atoms with Crippen LogP contribution in [-0.2, 0) is 4.79 Å². The van der Waals surface area contributed by atoms with Gasteiger partial charge in [-0.2, -0.15) is 0 Å². The molecular weight excluding hydrogens is 312 g/mol. The van der Waals surface area contributed by atoms with Crippen molar-refractivity contribution in [3.63, 3.8) is 0 Å². The predicted octanol–water partition coefficient (Wildman–Crippen LogP) is 3.14. The number of benzene rings is 1. The molecule has 4 nitrogen and oxygen atoms in total. The molecule has 1 saturated carbocycles. The normalized spacial score (nSPS) is 22.2. The maximum absolute atomic E-state index is 12.5. The van der Waals surface area contributed by atoms with E-state index in [-0.39, 0.29) is 5.78 Å². The first-order chi connectivity index (χ1) is 9.04. The number of carboxylic acid groups (broad SMARTS) is 1. The lowest BCUT2D eigenvalue weighted by atomic mass is 9.88. The van der Waals surface area contributed by atoms with Crippen molar-refractivity contribution in [1.29, 1.82) is 0 Å². The topological polar surface area (TPSA) is 63.6 Å². The van der Waals surface area contributed by atoms with E-state index in [1.807, 2.05) is 0 Å². The number of hydrogen-bond acceptors (Lipinski definition) is 3. The van der Waals surface area contributed by atoms with Crippen molar-refractivity contribution in [2.75, 3.05) is 7.11 Å². The standard InChI is InChI=1S/C14H15BrO4/c1-19-12-6-5-8(15)7-11(12)13(16)9-3-2-4-10(9)14(17)18/h5-7,9-10H,2-4H2,1H3,(H,17,18). The molecule has 2 atom stereocenters. The molecule has 1 aliphatic rings. The van der Waals surface area contributed by atoms with Crippen LogP contribution in [0.3, 0.4) is 0 Å². The molecule has 1 aliphatic carbocycles. The van der Waals surface area contributed by atoms with Gasteiger partial charge in [0.2, 0.25) is 0 Å². The van der Waals surface area contributed by atoms with E-state index >= 15 is 0 Å². The summed E-state index contributed by atoms with van der Waals surface area (Å²) in [4.78, 5) is 23.7. The van der Waals surface area contributed by atoms with Gasteiger partial charge < -0.3 is 9.84 Å². The highest BCUT2D eigenvalue weighted by Gasteiger charge is 2.38. The van der Waals surface area contributed by atoms with E-state index in [9.17, 15) is 9.59 Å². The van der Waals surface area contributed by atoms with Crippen molar-refractivity contribution in [3.8, 4) is 5.75 Å². The van der Waals surface area contributed by atoms with Gasteiger partial charge in [-0.25, -0.2) is 0 Å². The van der Waals surface area contributed by atoms with Gasteiger partial charge in [0.05, 0.1) is 18.6 Å². The molecule has 0 spiro atoms. The van der Waals surface area contributed by atoms with Crippen LogP contribution in [-0.4, -0.2) is 24.0 Å². The summed E-state index contributed by atoms with van der Waals surface area (Å²) < 4.78 is 5.97. The first kappa shape index (κ1) is 14.1. The number of carboxylic acids is 1. The number of methoxy groups -OCH3 is 1. The summed E-state index contributed by atoms with van der Waals surface area (Å²) in [6.45, 7) is 0. The molecule has 19 heavy (non-hydrogen) atoms. The molecule has 0 radical (unpaired) electrons. The molecule has 0 aromatic heterocycles. The van der Waals surface area contributed by atoms with Crippen LogP contribution >= 0.6 is 15.9 Å². The number of ketones is 1. The molecular formula is C14H15BrO4. The lowest BCUT2D eigenvalue weighted by molar-refractivity contribution is -0.142. The second-order valence-electron chi connectivity index (χ2n) is 4.69. The molecule has 1 aromatic carbocycles. The van der Waals surface area contributed by atoms with E-state index in [0.717, 1.165) is 10.9 Å². The van der Waals surface area contributed by atoms with Crippen molar-refractivity contribution in [3.05, 3.63) is 28.2 Å². The third kappa shape index (κ3) is 2.81. The van der Waals surface area contributed by atoms with Crippen LogP contribution < -0.4 is 4.74 Å². The quantitative estimate of drug-likeness (QED) is 0.863. The maximum atomic E-state index is 12.5. The van der Waals surface area contributed by atoms with Crippen LogP contribution in [0.2, 0.25) is 0 Å². The largest absolute Gasteiger partial charge is 0.496 e. The Bertz CT molecular complexity index is 512. The molecule has 102 valence electrons. The molecule has 5 heteroatoms. The van der Waals surface area contributed by atoms with Gasteiger partial charge >= 0.3 is 5.97 Å². The van der Waals surface area contributed by atoms with Crippen LogP contribution in [0.15, 0.2) is 22.7 Å². The average molecular weight is 327 g/mol. The summed E-state index contributed by atoms with van der Waals surface area (Å²) in [5.74, 6) is -1.55. The number of ether oxygens (including phenoxy) is 1. The molecule has 0 bridgehead atoms. The van der Waals surface area contributed by atoms with E-state index in [2.05, 4.69) is 15.9 Å². The van der Waals surface area contributed by atoms with Gasteiger partial charge in [0, 0.05) is 10.4 Å². The monoisotopic (exact) mass is 326 g/mol. The van der Waals surface area contributed by atoms with Gasteiger partial charge in [-0.15, -0.1) is 0 Å². The van der Waals surface area contributed by atoms with Crippen LogP contribution in [0.1, 0.15) is 29.6 Å². The SMILES string of the molecule is COc1ccc(Br)cc1C(=O)C1CCCC1C(=O)O. The number of rotatable bonds is 4. The Hall–Kier alpha value is -1.36. The number of carbonyl (C=O) groups is 2. The van der Waals surface area contributed by atoms with Gasteiger partial charge in [-0.3, -0.25) is 9.59 Å². The third-order valence-electron chi connectivity index (χ3n) is 3.60. The van der Waals surface area contributed by atoms with Crippen LogP contribution in [0, 0.1) is 11.8 Å². The minimum atomic E-state index is -0.884. The smallest absolute Gasteiger partial charge is 0.307 e. The van der Waals surface area contributed by atoms with E-state index in [1.165, 1.54) is 7.11 Å². The average Bonchev–Trinajstić information content (AvgIpc) is 2.87. The Kier molecular flexibility index (Phi) is 4.24. The summed E-state index contributed by atoms with van der Waals surface area (Å²) in [5.41, 5.74) is 0.454. The highest BCUT2D eigenvalue weighted by atomic mass is 79.9. The van der Waals surface area contributed by atoms with Gasteiger partial charge in [0.25, 0.3) is 0 Å². The first-order valence-electron chi connectivity index (χ1n) is 6.15. The molecule has 1 fully saturated rings. The zero-order chi connectivity index (χ0) is 14.0. The molecule has 2 rings (SSSR count). The van der Waals surface area contributed by atoms with Gasteiger partial charge in [-0.1, -0.05) is 22.4 Å². The second kappa shape index (κ2) is 5.74. The molecule has 0 amide bonds. The molecule has 0 aliphatic heterocycles. The summed E-state index contributed by atoms with van der Waals surface area (Å²) in [6.07, 6.45) is 1.98. The molecule has 1 N–H and O–H groups in total. The van der Waals surface area contributed by atoms with E-state index in [0.29, 0.717) is 24.2 Å². The van der Waals surface area contributed by atoms with Crippen molar-refractivity contribution < 1.29 is 19.4 Å². The predicted molar refractivity (Wildman–Crippen MR) is 73.5 cm³/mol. The Morgan fingerprint density at radius 3 is 2.63 bits per heavy atom. The van der Waals surface area contributed by atoms with E-state index < -0.39 is 17.8 Å². The number of aliphatic carboxylic acids is 1. The molecule has 0 heterocycles. The van der Waals surface area contributed by atoms with Crippen molar-refractivity contribution >= 4 is 27.7 Å². The molecule has 2 unspecified atom stereocenters. The Morgan fingerprint density at radius 1 is 1.32 bits per heavy atom. The van der Waals surface area contributed by atoms with Gasteiger partial charge in [0.15, 0.2) is 5.78 Å².